The van der Waals surface area contributed by atoms with Crippen molar-refractivity contribution in [2.75, 3.05) is 46.5 Å². The number of likely N-dealkylation sites (tertiary alicyclic amines) is 1. The van der Waals surface area contributed by atoms with Crippen LogP contribution in [0.25, 0.3) is 0 Å². The number of hydrogen-bond donors (Lipinski definition) is 1. The number of guanidine groups is 1. The molecule has 1 aromatic carbocycles. The lowest BCUT2D eigenvalue weighted by molar-refractivity contribution is 0.0263. The number of rotatable bonds is 9. The van der Waals surface area contributed by atoms with Gasteiger partial charge in [-0.15, -0.1) is 0 Å². The second kappa shape index (κ2) is 11.9. The zero-order chi connectivity index (χ0) is 17.7. The van der Waals surface area contributed by atoms with E-state index in [9.17, 15) is 0 Å². The molecule has 140 valence electrons. The van der Waals surface area contributed by atoms with Crippen LogP contribution in [0.15, 0.2) is 35.3 Å². The van der Waals surface area contributed by atoms with Crippen molar-refractivity contribution in [2.24, 2.45) is 4.99 Å². The first-order valence-electron chi connectivity index (χ1n) is 9.52. The van der Waals surface area contributed by atoms with Crippen LogP contribution in [0.3, 0.4) is 0 Å². The predicted molar refractivity (Wildman–Crippen MR) is 103 cm³/mol. The van der Waals surface area contributed by atoms with Gasteiger partial charge in [0.25, 0.3) is 0 Å². The van der Waals surface area contributed by atoms with Gasteiger partial charge in [0, 0.05) is 39.9 Å². The molecule has 2 rings (SSSR count). The lowest BCUT2D eigenvalue weighted by Crippen LogP contribution is -2.47. The zero-order valence-electron chi connectivity index (χ0n) is 15.7. The Kier molecular flexibility index (Phi) is 9.37. The van der Waals surface area contributed by atoms with Crippen LogP contribution in [-0.4, -0.2) is 63.5 Å². The summed E-state index contributed by atoms with van der Waals surface area (Å²) in [5.74, 6) is 0.999. The average molecular weight is 348 g/mol. The van der Waals surface area contributed by atoms with Gasteiger partial charge in [0.2, 0.25) is 0 Å². The molecule has 0 atom stereocenters. The monoisotopic (exact) mass is 347 g/mol. The molecule has 0 saturated carbocycles. The Morgan fingerprint density at radius 1 is 1.20 bits per heavy atom. The van der Waals surface area contributed by atoms with E-state index >= 15 is 0 Å². The van der Waals surface area contributed by atoms with Crippen molar-refractivity contribution in [3.8, 4) is 0 Å². The maximum Gasteiger partial charge on any atom is 0.193 e. The summed E-state index contributed by atoms with van der Waals surface area (Å²) in [6.07, 6.45) is 4.54. The Balaban J connectivity index is 1.53. The molecule has 5 nitrogen and oxygen atoms in total. The molecule has 0 spiro atoms. The number of nitrogens with one attached hydrogen (secondary N) is 1. The van der Waals surface area contributed by atoms with E-state index in [1.165, 1.54) is 5.56 Å². The minimum atomic E-state index is 0.414. The third kappa shape index (κ3) is 7.45. The van der Waals surface area contributed by atoms with Crippen molar-refractivity contribution in [1.29, 1.82) is 0 Å². The molecule has 1 saturated heterocycles. The fourth-order valence-corrected chi connectivity index (χ4v) is 3.11. The summed E-state index contributed by atoms with van der Waals surface area (Å²) in [4.78, 5) is 6.73. The van der Waals surface area contributed by atoms with Gasteiger partial charge in [0.15, 0.2) is 5.96 Å². The summed E-state index contributed by atoms with van der Waals surface area (Å²) < 4.78 is 11.4. The Bertz CT molecular complexity index is 485. The summed E-state index contributed by atoms with van der Waals surface area (Å²) in [5, 5.41) is 3.45. The van der Waals surface area contributed by atoms with Crippen LogP contribution in [0.2, 0.25) is 0 Å². The number of aliphatic imine (C=N–C) groups is 1. The molecule has 1 aromatic rings. The van der Waals surface area contributed by atoms with E-state index in [-0.39, 0.29) is 0 Å². The van der Waals surface area contributed by atoms with Crippen molar-refractivity contribution in [1.82, 2.24) is 10.2 Å². The molecule has 25 heavy (non-hydrogen) atoms. The molecule has 0 radical (unpaired) electrons. The molecule has 0 bridgehead atoms. The number of piperidine rings is 1. The number of nitrogens with zero attached hydrogens (tertiary/aromatic N) is 2. The molecular formula is C20H33N3O2. The van der Waals surface area contributed by atoms with Crippen LogP contribution >= 0.6 is 0 Å². The van der Waals surface area contributed by atoms with Crippen molar-refractivity contribution in [2.45, 2.75) is 38.7 Å². The topological polar surface area (TPSA) is 46.1 Å². The van der Waals surface area contributed by atoms with Gasteiger partial charge in [-0.25, -0.2) is 0 Å². The summed E-state index contributed by atoms with van der Waals surface area (Å²) in [6, 6.07) is 10.5. The molecule has 0 unspecified atom stereocenters. The quantitative estimate of drug-likeness (QED) is 0.424. The minimum Gasteiger partial charge on any atom is -0.381 e. The lowest BCUT2D eigenvalue weighted by atomic mass is 10.1. The van der Waals surface area contributed by atoms with E-state index in [0.717, 1.165) is 71.1 Å². The van der Waals surface area contributed by atoms with Gasteiger partial charge in [-0.05, 0) is 38.2 Å². The normalized spacial score (nSPS) is 16.2. The summed E-state index contributed by atoms with van der Waals surface area (Å²) >= 11 is 0. The largest absolute Gasteiger partial charge is 0.381 e. The Labute approximate surface area is 152 Å². The average Bonchev–Trinajstić information content (AvgIpc) is 2.66. The van der Waals surface area contributed by atoms with Gasteiger partial charge in [0.1, 0.15) is 0 Å². The standard InChI is InChI=1S/C20H33N3O2/c1-3-25-19-10-14-23(15-11-19)20(21-2)22-13-7-16-24-17-12-18-8-5-4-6-9-18/h4-6,8-9,19H,3,7,10-17H2,1-2H3,(H,21,22). The van der Waals surface area contributed by atoms with Crippen LogP contribution in [-0.2, 0) is 15.9 Å². The van der Waals surface area contributed by atoms with E-state index in [0.29, 0.717) is 6.10 Å². The van der Waals surface area contributed by atoms with Crippen molar-refractivity contribution in [3.63, 3.8) is 0 Å². The first-order valence-corrected chi connectivity index (χ1v) is 9.52. The van der Waals surface area contributed by atoms with Crippen LogP contribution in [0, 0.1) is 0 Å². The first-order chi connectivity index (χ1) is 12.3. The second-order valence-electron chi connectivity index (χ2n) is 6.32. The van der Waals surface area contributed by atoms with Gasteiger partial charge < -0.3 is 19.7 Å². The fraction of sp³-hybridized carbons (Fsp3) is 0.650. The smallest absolute Gasteiger partial charge is 0.193 e. The Morgan fingerprint density at radius 2 is 1.96 bits per heavy atom. The van der Waals surface area contributed by atoms with E-state index < -0.39 is 0 Å². The highest BCUT2D eigenvalue weighted by molar-refractivity contribution is 5.79. The van der Waals surface area contributed by atoms with Crippen molar-refractivity contribution < 1.29 is 9.47 Å². The lowest BCUT2D eigenvalue weighted by Gasteiger charge is -2.34. The van der Waals surface area contributed by atoms with Crippen LogP contribution in [0.4, 0.5) is 0 Å². The summed E-state index contributed by atoms with van der Waals surface area (Å²) in [5.41, 5.74) is 1.33. The third-order valence-corrected chi connectivity index (χ3v) is 4.48. The van der Waals surface area contributed by atoms with Gasteiger partial charge in [-0.3, -0.25) is 4.99 Å². The Morgan fingerprint density at radius 3 is 2.64 bits per heavy atom. The zero-order valence-corrected chi connectivity index (χ0v) is 15.7. The molecule has 5 heteroatoms. The fourth-order valence-electron chi connectivity index (χ4n) is 3.11. The van der Waals surface area contributed by atoms with E-state index in [2.05, 4.69) is 46.4 Å². The molecule has 1 heterocycles. The molecule has 1 fully saturated rings. The molecular weight excluding hydrogens is 314 g/mol. The first kappa shape index (κ1) is 19.7. The molecule has 1 aliphatic heterocycles. The van der Waals surface area contributed by atoms with Crippen molar-refractivity contribution >= 4 is 5.96 Å². The van der Waals surface area contributed by atoms with Crippen LogP contribution in [0.5, 0.6) is 0 Å². The number of hydrogen-bond acceptors (Lipinski definition) is 3. The van der Waals surface area contributed by atoms with Crippen LogP contribution < -0.4 is 5.32 Å². The SMILES string of the molecule is CCOC1CCN(C(=NC)NCCCOCCc2ccccc2)CC1. The summed E-state index contributed by atoms with van der Waals surface area (Å²) in [7, 11) is 1.85. The highest BCUT2D eigenvalue weighted by Crippen LogP contribution is 2.13. The molecule has 0 amide bonds. The van der Waals surface area contributed by atoms with Crippen molar-refractivity contribution in [3.05, 3.63) is 35.9 Å². The van der Waals surface area contributed by atoms with Crippen LogP contribution in [0.1, 0.15) is 31.7 Å². The predicted octanol–water partition coefficient (Wildman–Crippen LogP) is 2.71. The third-order valence-electron chi connectivity index (χ3n) is 4.48. The second-order valence-corrected chi connectivity index (χ2v) is 6.32. The van der Waals surface area contributed by atoms with Gasteiger partial charge in [-0.2, -0.15) is 0 Å². The molecule has 1 N–H and O–H groups in total. The van der Waals surface area contributed by atoms with E-state index in [4.69, 9.17) is 9.47 Å². The van der Waals surface area contributed by atoms with Gasteiger partial charge >= 0.3 is 0 Å². The maximum absolute atomic E-state index is 5.73. The highest BCUT2D eigenvalue weighted by atomic mass is 16.5. The number of ether oxygens (including phenoxy) is 2. The number of benzene rings is 1. The molecule has 0 aromatic heterocycles. The van der Waals surface area contributed by atoms with Gasteiger partial charge in [0.05, 0.1) is 12.7 Å². The minimum absolute atomic E-state index is 0.414. The Hall–Kier alpha value is -1.59. The highest BCUT2D eigenvalue weighted by Gasteiger charge is 2.21. The van der Waals surface area contributed by atoms with E-state index in [1.807, 2.05) is 13.1 Å². The molecule has 1 aliphatic rings. The summed E-state index contributed by atoms with van der Waals surface area (Å²) in [6.45, 7) is 7.35. The molecule has 0 aliphatic carbocycles. The maximum atomic E-state index is 5.73. The van der Waals surface area contributed by atoms with Gasteiger partial charge in [-0.1, -0.05) is 30.3 Å². The van der Waals surface area contributed by atoms with E-state index in [1.54, 1.807) is 0 Å².